The molecule has 2 aromatic rings. The van der Waals surface area contributed by atoms with E-state index in [1.54, 1.807) is 6.20 Å². The SMILES string of the molecule is CC(C)COC(=O)Nc1ccc(-c2ccccc2)nc1. The Kier molecular flexibility index (Phi) is 4.71. The number of benzene rings is 1. The Morgan fingerprint density at radius 2 is 1.95 bits per heavy atom. The van der Waals surface area contributed by atoms with Crippen LogP contribution in [0.25, 0.3) is 11.3 Å². The number of rotatable bonds is 4. The van der Waals surface area contributed by atoms with E-state index < -0.39 is 6.09 Å². The van der Waals surface area contributed by atoms with Gasteiger partial charge in [-0.2, -0.15) is 0 Å². The summed E-state index contributed by atoms with van der Waals surface area (Å²) in [5.41, 5.74) is 2.53. The van der Waals surface area contributed by atoms with Crippen molar-refractivity contribution in [3.8, 4) is 11.3 Å². The van der Waals surface area contributed by atoms with Gasteiger partial charge in [0.25, 0.3) is 0 Å². The minimum absolute atomic E-state index is 0.319. The molecular formula is C16H18N2O2. The average molecular weight is 270 g/mol. The molecule has 1 aromatic heterocycles. The van der Waals surface area contributed by atoms with Gasteiger partial charge in [-0.1, -0.05) is 44.2 Å². The lowest BCUT2D eigenvalue weighted by atomic mass is 10.1. The van der Waals surface area contributed by atoms with Gasteiger partial charge >= 0.3 is 6.09 Å². The van der Waals surface area contributed by atoms with E-state index in [9.17, 15) is 4.79 Å². The van der Waals surface area contributed by atoms with Crippen molar-refractivity contribution >= 4 is 11.8 Å². The van der Waals surface area contributed by atoms with Gasteiger partial charge in [-0.15, -0.1) is 0 Å². The highest BCUT2D eigenvalue weighted by Gasteiger charge is 2.05. The van der Waals surface area contributed by atoms with Crippen molar-refractivity contribution in [2.24, 2.45) is 5.92 Å². The summed E-state index contributed by atoms with van der Waals surface area (Å²) in [4.78, 5) is 15.8. The second-order valence-electron chi connectivity index (χ2n) is 4.92. The summed E-state index contributed by atoms with van der Waals surface area (Å²) in [5.74, 6) is 0.319. The van der Waals surface area contributed by atoms with Crippen molar-refractivity contribution in [2.45, 2.75) is 13.8 Å². The number of pyridine rings is 1. The van der Waals surface area contributed by atoms with E-state index in [-0.39, 0.29) is 0 Å². The maximum absolute atomic E-state index is 11.5. The molecule has 0 aliphatic heterocycles. The Morgan fingerprint density at radius 3 is 2.55 bits per heavy atom. The lowest BCUT2D eigenvalue weighted by Gasteiger charge is -2.09. The van der Waals surface area contributed by atoms with Crippen LogP contribution in [0.3, 0.4) is 0 Å². The summed E-state index contributed by atoms with van der Waals surface area (Å²) in [7, 11) is 0. The Morgan fingerprint density at radius 1 is 1.20 bits per heavy atom. The summed E-state index contributed by atoms with van der Waals surface area (Å²) in [6, 6.07) is 13.6. The first-order valence-electron chi connectivity index (χ1n) is 6.60. The lowest BCUT2D eigenvalue weighted by Crippen LogP contribution is -2.16. The molecule has 1 N–H and O–H groups in total. The topological polar surface area (TPSA) is 51.2 Å². The molecule has 4 heteroatoms. The molecule has 1 aromatic carbocycles. The van der Waals surface area contributed by atoms with Crippen LogP contribution in [0, 0.1) is 5.92 Å². The molecule has 0 unspecified atom stereocenters. The van der Waals surface area contributed by atoms with Crippen molar-refractivity contribution in [3.63, 3.8) is 0 Å². The van der Waals surface area contributed by atoms with Gasteiger partial charge < -0.3 is 4.74 Å². The van der Waals surface area contributed by atoms with E-state index in [1.807, 2.05) is 56.3 Å². The first-order chi connectivity index (χ1) is 9.65. The molecule has 0 atom stereocenters. The molecule has 0 bridgehead atoms. The van der Waals surface area contributed by atoms with Crippen molar-refractivity contribution in [2.75, 3.05) is 11.9 Å². The van der Waals surface area contributed by atoms with Crippen molar-refractivity contribution < 1.29 is 9.53 Å². The highest BCUT2D eigenvalue weighted by molar-refractivity contribution is 5.84. The highest BCUT2D eigenvalue weighted by atomic mass is 16.5. The van der Waals surface area contributed by atoms with Crippen LogP contribution in [-0.2, 0) is 4.74 Å². The fourth-order valence-corrected chi connectivity index (χ4v) is 1.64. The van der Waals surface area contributed by atoms with Crippen LogP contribution in [0.4, 0.5) is 10.5 Å². The predicted molar refractivity (Wildman–Crippen MR) is 79.5 cm³/mol. The average Bonchev–Trinajstić information content (AvgIpc) is 2.47. The van der Waals surface area contributed by atoms with E-state index >= 15 is 0 Å². The smallest absolute Gasteiger partial charge is 0.411 e. The van der Waals surface area contributed by atoms with Crippen LogP contribution in [0.1, 0.15) is 13.8 Å². The summed E-state index contributed by atoms with van der Waals surface area (Å²) in [6.45, 7) is 4.38. The van der Waals surface area contributed by atoms with Gasteiger partial charge in [0.1, 0.15) is 0 Å². The third-order valence-corrected chi connectivity index (χ3v) is 2.63. The molecule has 2 rings (SSSR count). The normalized spacial score (nSPS) is 10.3. The van der Waals surface area contributed by atoms with Gasteiger partial charge in [0, 0.05) is 5.56 Å². The van der Waals surface area contributed by atoms with Gasteiger partial charge in [-0.25, -0.2) is 4.79 Å². The molecule has 0 aliphatic rings. The van der Waals surface area contributed by atoms with Crippen LogP contribution in [0.2, 0.25) is 0 Å². The molecule has 0 saturated carbocycles. The zero-order chi connectivity index (χ0) is 14.4. The molecule has 0 aliphatic carbocycles. The summed E-state index contributed by atoms with van der Waals surface area (Å²) >= 11 is 0. The standard InChI is InChI=1S/C16H18N2O2/c1-12(2)11-20-16(19)18-14-8-9-15(17-10-14)13-6-4-3-5-7-13/h3-10,12H,11H2,1-2H3,(H,18,19). The van der Waals surface area contributed by atoms with Crippen LogP contribution in [-0.4, -0.2) is 17.7 Å². The Labute approximate surface area is 118 Å². The molecule has 0 fully saturated rings. The van der Waals surface area contributed by atoms with E-state index in [1.165, 1.54) is 0 Å². The summed E-state index contributed by atoms with van der Waals surface area (Å²) < 4.78 is 5.04. The lowest BCUT2D eigenvalue weighted by molar-refractivity contribution is 0.147. The van der Waals surface area contributed by atoms with E-state index in [0.29, 0.717) is 18.2 Å². The zero-order valence-corrected chi connectivity index (χ0v) is 11.7. The number of ether oxygens (including phenoxy) is 1. The van der Waals surface area contributed by atoms with Gasteiger partial charge in [0.2, 0.25) is 0 Å². The van der Waals surface area contributed by atoms with Crippen LogP contribution in [0.15, 0.2) is 48.7 Å². The third-order valence-electron chi connectivity index (χ3n) is 2.63. The number of hydrogen-bond donors (Lipinski definition) is 1. The molecule has 0 radical (unpaired) electrons. The van der Waals surface area contributed by atoms with Crippen molar-refractivity contribution in [1.29, 1.82) is 0 Å². The largest absolute Gasteiger partial charge is 0.449 e. The van der Waals surface area contributed by atoms with E-state index in [0.717, 1.165) is 11.3 Å². The maximum Gasteiger partial charge on any atom is 0.411 e. The first kappa shape index (κ1) is 14.1. The maximum atomic E-state index is 11.5. The number of nitrogens with zero attached hydrogens (tertiary/aromatic N) is 1. The van der Waals surface area contributed by atoms with Crippen LogP contribution >= 0.6 is 0 Å². The van der Waals surface area contributed by atoms with E-state index in [4.69, 9.17) is 4.74 Å². The molecule has 1 amide bonds. The summed E-state index contributed by atoms with van der Waals surface area (Å²) in [5, 5.41) is 2.65. The van der Waals surface area contributed by atoms with Crippen LogP contribution < -0.4 is 5.32 Å². The van der Waals surface area contributed by atoms with Crippen LogP contribution in [0.5, 0.6) is 0 Å². The molecule has 0 saturated heterocycles. The zero-order valence-electron chi connectivity index (χ0n) is 11.7. The minimum atomic E-state index is -0.451. The second-order valence-corrected chi connectivity index (χ2v) is 4.92. The minimum Gasteiger partial charge on any atom is -0.449 e. The number of anilines is 1. The van der Waals surface area contributed by atoms with Crippen molar-refractivity contribution in [3.05, 3.63) is 48.7 Å². The number of nitrogens with one attached hydrogen (secondary N) is 1. The number of carbonyl (C=O) groups is 1. The van der Waals surface area contributed by atoms with Gasteiger partial charge in [-0.3, -0.25) is 10.3 Å². The van der Waals surface area contributed by atoms with Crippen molar-refractivity contribution in [1.82, 2.24) is 4.98 Å². The Hall–Kier alpha value is -2.36. The number of amides is 1. The highest BCUT2D eigenvalue weighted by Crippen LogP contribution is 2.17. The molecule has 20 heavy (non-hydrogen) atoms. The number of carbonyl (C=O) groups excluding carboxylic acids is 1. The first-order valence-corrected chi connectivity index (χ1v) is 6.60. The monoisotopic (exact) mass is 270 g/mol. The predicted octanol–water partition coefficient (Wildman–Crippen LogP) is 3.95. The Balaban J connectivity index is 1.97. The molecule has 0 spiro atoms. The molecule has 4 nitrogen and oxygen atoms in total. The van der Waals surface area contributed by atoms with Gasteiger partial charge in [-0.05, 0) is 18.1 Å². The molecular weight excluding hydrogens is 252 g/mol. The molecule has 1 heterocycles. The van der Waals surface area contributed by atoms with Gasteiger partial charge in [0.15, 0.2) is 0 Å². The quantitative estimate of drug-likeness (QED) is 0.915. The Bertz CT molecular complexity index is 550. The van der Waals surface area contributed by atoms with E-state index in [2.05, 4.69) is 10.3 Å². The third kappa shape index (κ3) is 4.09. The fourth-order valence-electron chi connectivity index (χ4n) is 1.64. The second kappa shape index (κ2) is 6.70. The summed E-state index contributed by atoms with van der Waals surface area (Å²) in [6.07, 6.45) is 1.17. The van der Waals surface area contributed by atoms with Gasteiger partial charge in [0.05, 0.1) is 24.2 Å². The number of aromatic nitrogens is 1. The molecule has 104 valence electrons. The fraction of sp³-hybridized carbons (Fsp3) is 0.250. The number of hydrogen-bond acceptors (Lipinski definition) is 3.